The number of fused-ring (bicyclic) bond motifs is 1. The van der Waals surface area contributed by atoms with Gasteiger partial charge in [-0.05, 0) is 37.1 Å². The average molecular weight is 371 g/mol. The van der Waals surface area contributed by atoms with E-state index in [1.54, 1.807) is 16.7 Å². The van der Waals surface area contributed by atoms with E-state index in [-0.39, 0.29) is 5.75 Å². The molecule has 8 heteroatoms. The van der Waals surface area contributed by atoms with Crippen molar-refractivity contribution in [3.63, 3.8) is 0 Å². The van der Waals surface area contributed by atoms with Crippen molar-refractivity contribution in [1.82, 2.24) is 19.7 Å². The molecule has 1 aliphatic carbocycles. The highest BCUT2D eigenvalue weighted by atomic mass is 19.3. The van der Waals surface area contributed by atoms with E-state index in [4.69, 9.17) is 4.98 Å². The van der Waals surface area contributed by atoms with E-state index in [9.17, 15) is 8.78 Å². The monoisotopic (exact) mass is 371 g/mol. The Hall–Kier alpha value is -2.74. The van der Waals surface area contributed by atoms with Crippen LogP contribution in [0, 0.1) is 5.41 Å². The van der Waals surface area contributed by atoms with Crippen LogP contribution in [0.1, 0.15) is 12.8 Å². The van der Waals surface area contributed by atoms with Gasteiger partial charge in [-0.1, -0.05) is 6.07 Å². The molecule has 3 aromatic heterocycles. The highest BCUT2D eigenvalue weighted by Gasteiger charge is 2.52. The molecule has 5 rings (SSSR count). The van der Waals surface area contributed by atoms with Gasteiger partial charge in [-0.25, -0.2) is 9.97 Å². The lowest BCUT2D eigenvalue weighted by Crippen LogP contribution is -2.29. The largest absolute Gasteiger partial charge is 0.433 e. The Morgan fingerprint density at radius 3 is 2.96 bits per heavy atom. The maximum Gasteiger partial charge on any atom is 0.387 e. The number of alkyl halides is 2. The molecule has 1 unspecified atom stereocenters. The molecule has 27 heavy (non-hydrogen) atoms. The molecule has 2 N–H and O–H groups in total. The fourth-order valence-corrected chi connectivity index (χ4v) is 3.85. The fourth-order valence-electron chi connectivity index (χ4n) is 3.85. The molecule has 1 atom stereocenters. The lowest BCUT2D eigenvalue weighted by atomic mass is 10.0. The number of hydrogen-bond donors (Lipinski definition) is 2. The summed E-state index contributed by atoms with van der Waals surface area (Å²) in [6, 6.07) is 9.27. The van der Waals surface area contributed by atoms with E-state index in [0.717, 1.165) is 30.3 Å². The smallest absolute Gasteiger partial charge is 0.387 e. The second-order valence-electron chi connectivity index (χ2n) is 7.21. The lowest BCUT2D eigenvalue weighted by Gasteiger charge is -2.19. The van der Waals surface area contributed by atoms with Gasteiger partial charge < -0.3 is 15.4 Å². The number of nitrogens with one attached hydrogen (secondary N) is 2. The number of halogens is 2. The second-order valence-corrected chi connectivity index (χ2v) is 7.21. The number of pyridine rings is 2. The summed E-state index contributed by atoms with van der Waals surface area (Å²) in [6.07, 6.45) is 5.69. The summed E-state index contributed by atoms with van der Waals surface area (Å²) in [5.41, 5.74) is 2.46. The molecule has 2 aliphatic rings. The van der Waals surface area contributed by atoms with E-state index in [1.807, 2.05) is 18.2 Å². The highest BCUT2D eigenvalue weighted by Crippen LogP contribution is 2.51. The molecule has 1 spiro atoms. The van der Waals surface area contributed by atoms with Crippen molar-refractivity contribution in [1.29, 1.82) is 0 Å². The fraction of sp³-hybridized carbons (Fsp3) is 0.368. The van der Waals surface area contributed by atoms with Gasteiger partial charge in [0.25, 0.3) is 0 Å². The summed E-state index contributed by atoms with van der Waals surface area (Å²) in [7, 11) is 0. The van der Waals surface area contributed by atoms with E-state index < -0.39 is 6.61 Å². The van der Waals surface area contributed by atoms with Gasteiger partial charge in [0.05, 0.1) is 23.8 Å². The molecule has 1 aliphatic heterocycles. The molecule has 0 radical (unpaired) electrons. The van der Waals surface area contributed by atoms with E-state index in [2.05, 4.69) is 20.4 Å². The third kappa shape index (κ3) is 2.99. The molecule has 0 aromatic carbocycles. The Bertz CT molecular complexity index is 985. The first-order valence-corrected chi connectivity index (χ1v) is 9.00. The summed E-state index contributed by atoms with van der Waals surface area (Å²) in [5, 5.41) is 7.01. The predicted octanol–water partition coefficient (Wildman–Crippen LogP) is 3.16. The van der Waals surface area contributed by atoms with Crippen LogP contribution in [-0.2, 0) is 0 Å². The Morgan fingerprint density at radius 1 is 1.26 bits per heavy atom. The van der Waals surface area contributed by atoms with Gasteiger partial charge in [-0.2, -0.15) is 8.78 Å². The summed E-state index contributed by atoms with van der Waals surface area (Å²) < 4.78 is 31.2. The molecular weight excluding hydrogens is 352 g/mol. The van der Waals surface area contributed by atoms with Gasteiger partial charge in [-0.15, -0.1) is 0 Å². The first kappa shape index (κ1) is 16.4. The van der Waals surface area contributed by atoms with E-state index in [1.165, 1.54) is 25.1 Å². The molecule has 3 aromatic rings. The number of imidazole rings is 1. The first-order valence-electron chi connectivity index (χ1n) is 9.00. The Morgan fingerprint density at radius 2 is 2.15 bits per heavy atom. The third-order valence-corrected chi connectivity index (χ3v) is 5.49. The minimum atomic E-state index is -2.87. The second kappa shape index (κ2) is 6.16. The average Bonchev–Trinajstić information content (AvgIpc) is 3.15. The van der Waals surface area contributed by atoms with Crippen LogP contribution in [-0.4, -0.2) is 40.1 Å². The maximum absolute atomic E-state index is 12.5. The number of anilines is 1. The molecule has 0 bridgehead atoms. The van der Waals surface area contributed by atoms with Gasteiger partial charge in [-0.3, -0.25) is 4.40 Å². The van der Waals surface area contributed by atoms with Crippen LogP contribution in [0.2, 0.25) is 0 Å². The SMILES string of the molecule is FC(F)Oc1ccc2ncc(-c3cccc(NC4CNCC45CC5)n3)n2c1. The number of hydrogen-bond acceptors (Lipinski definition) is 5. The molecule has 2 fully saturated rings. The zero-order chi connectivity index (χ0) is 18.4. The van der Waals surface area contributed by atoms with E-state index in [0.29, 0.717) is 17.1 Å². The first-order chi connectivity index (χ1) is 13.1. The van der Waals surface area contributed by atoms with Crippen molar-refractivity contribution in [2.45, 2.75) is 25.5 Å². The van der Waals surface area contributed by atoms with Crippen LogP contribution in [0.25, 0.3) is 17.0 Å². The van der Waals surface area contributed by atoms with Crippen LogP contribution in [0.4, 0.5) is 14.6 Å². The quantitative estimate of drug-likeness (QED) is 0.721. The van der Waals surface area contributed by atoms with Gasteiger partial charge in [0.1, 0.15) is 17.2 Å². The standard InChI is InChI=1S/C19H19F2N5O/c20-18(21)27-12-4-5-17-23-8-14(26(17)10-12)13-2-1-3-16(24-13)25-15-9-22-11-19(15)6-7-19/h1-5,8,10,15,18,22H,6-7,9,11H2,(H,24,25). The van der Waals surface area contributed by atoms with Crippen LogP contribution < -0.4 is 15.4 Å². The molecule has 1 saturated heterocycles. The zero-order valence-corrected chi connectivity index (χ0v) is 14.5. The molecule has 140 valence electrons. The van der Waals surface area contributed by atoms with Crippen LogP contribution in [0.3, 0.4) is 0 Å². The number of rotatable bonds is 5. The van der Waals surface area contributed by atoms with Crippen LogP contribution >= 0.6 is 0 Å². The van der Waals surface area contributed by atoms with Crippen LogP contribution in [0.15, 0.2) is 42.7 Å². The Balaban J connectivity index is 1.46. The lowest BCUT2D eigenvalue weighted by molar-refractivity contribution is -0.0501. The normalized spacial score (nSPS) is 20.5. The number of ether oxygens (including phenoxy) is 1. The summed E-state index contributed by atoms with van der Waals surface area (Å²) >= 11 is 0. The van der Waals surface area contributed by atoms with Crippen molar-refractivity contribution in [3.8, 4) is 17.1 Å². The highest BCUT2D eigenvalue weighted by molar-refractivity contribution is 5.62. The van der Waals surface area contributed by atoms with E-state index >= 15 is 0 Å². The molecule has 0 amide bonds. The zero-order valence-electron chi connectivity index (χ0n) is 14.5. The molecular formula is C19H19F2N5O. The summed E-state index contributed by atoms with van der Waals surface area (Å²) in [5.74, 6) is 0.890. The predicted molar refractivity (Wildman–Crippen MR) is 97.0 cm³/mol. The van der Waals surface area contributed by atoms with Gasteiger partial charge in [0, 0.05) is 24.5 Å². The van der Waals surface area contributed by atoms with Crippen molar-refractivity contribution in [2.24, 2.45) is 5.41 Å². The topological polar surface area (TPSA) is 63.5 Å². The molecule has 6 nitrogen and oxygen atoms in total. The van der Waals surface area contributed by atoms with Crippen molar-refractivity contribution < 1.29 is 13.5 Å². The number of aromatic nitrogens is 3. The maximum atomic E-state index is 12.5. The van der Waals surface area contributed by atoms with Gasteiger partial charge >= 0.3 is 6.61 Å². The Labute approximate surface area is 154 Å². The number of nitrogens with zero attached hydrogens (tertiary/aromatic N) is 3. The van der Waals surface area contributed by atoms with Gasteiger partial charge in [0.2, 0.25) is 0 Å². The summed E-state index contributed by atoms with van der Waals surface area (Å²) in [4.78, 5) is 9.05. The molecule has 1 saturated carbocycles. The van der Waals surface area contributed by atoms with Crippen molar-refractivity contribution >= 4 is 11.5 Å². The summed E-state index contributed by atoms with van der Waals surface area (Å²) in [6.45, 7) is -0.866. The molecule has 4 heterocycles. The third-order valence-electron chi connectivity index (χ3n) is 5.49. The minimum absolute atomic E-state index is 0.0822. The van der Waals surface area contributed by atoms with Crippen molar-refractivity contribution in [3.05, 3.63) is 42.7 Å². The van der Waals surface area contributed by atoms with Gasteiger partial charge in [0.15, 0.2) is 0 Å². The minimum Gasteiger partial charge on any atom is -0.433 e. The Kier molecular flexibility index (Phi) is 3.75. The van der Waals surface area contributed by atoms with Crippen molar-refractivity contribution in [2.75, 3.05) is 18.4 Å². The van der Waals surface area contributed by atoms with Crippen LogP contribution in [0.5, 0.6) is 5.75 Å².